The maximum atomic E-state index is 7.77. The van der Waals surface area contributed by atoms with Crippen LogP contribution in [-0.4, -0.2) is 16.0 Å². The van der Waals surface area contributed by atoms with Gasteiger partial charge in [0.25, 0.3) is 5.89 Å². The van der Waals surface area contributed by atoms with Gasteiger partial charge in [-0.25, -0.2) is 0 Å². The molecule has 0 saturated heterocycles. The first-order valence-corrected chi connectivity index (χ1v) is 11.8. The fourth-order valence-electron chi connectivity index (χ4n) is 3.91. The van der Waals surface area contributed by atoms with Gasteiger partial charge >= 0.3 is 0 Å². The molecule has 0 amide bonds. The van der Waals surface area contributed by atoms with Crippen LogP contribution in [0.25, 0.3) is 11.5 Å². The average molecular weight is 413 g/mol. The van der Waals surface area contributed by atoms with Crippen LogP contribution in [-0.2, 0) is 6.42 Å². The lowest BCUT2D eigenvalue weighted by atomic mass is 9.94. The molecule has 0 spiro atoms. The third-order valence-electron chi connectivity index (χ3n) is 5.74. The van der Waals surface area contributed by atoms with Crippen molar-refractivity contribution in [2.45, 2.75) is 97.3 Å². The molecule has 1 atom stereocenters. The minimum atomic E-state index is -0.307. The Morgan fingerprint density at radius 1 is 0.933 bits per heavy atom. The van der Waals surface area contributed by atoms with Crippen molar-refractivity contribution in [3.05, 3.63) is 35.7 Å². The lowest BCUT2D eigenvalue weighted by molar-refractivity contribution is 0.413. The number of aromatic nitrogens is 2. The lowest BCUT2D eigenvalue weighted by Crippen LogP contribution is -2.25. The Hall–Kier alpha value is -2.17. The highest BCUT2D eigenvalue weighted by Gasteiger charge is 2.25. The molecule has 0 aliphatic rings. The van der Waals surface area contributed by atoms with Crippen LogP contribution < -0.4 is 5.73 Å². The molecule has 0 saturated carbocycles. The van der Waals surface area contributed by atoms with Crippen molar-refractivity contribution in [3.8, 4) is 11.5 Å². The summed E-state index contributed by atoms with van der Waals surface area (Å²) in [7, 11) is 0. The van der Waals surface area contributed by atoms with Gasteiger partial charge in [0, 0.05) is 5.56 Å². The summed E-state index contributed by atoms with van der Waals surface area (Å²) in [6.07, 6.45) is 14.7. The molecule has 1 unspecified atom stereocenters. The molecule has 3 N–H and O–H groups in total. The SMILES string of the molecule is CCCCCCCCCCCCc1ccc(-c2nc(C(C(=N)N)C(C)C)no2)cc1. The molecule has 0 radical (unpaired) electrons. The number of rotatable bonds is 15. The lowest BCUT2D eigenvalue weighted by Gasteiger charge is -2.14. The fourth-order valence-corrected chi connectivity index (χ4v) is 3.91. The number of aryl methyl sites for hydroxylation is 1. The number of nitrogens with two attached hydrogens (primary N) is 1. The quantitative estimate of drug-likeness (QED) is 0.190. The van der Waals surface area contributed by atoms with Crippen molar-refractivity contribution >= 4 is 5.84 Å². The molecule has 1 heterocycles. The number of hydrogen-bond acceptors (Lipinski definition) is 4. The third kappa shape index (κ3) is 7.92. The van der Waals surface area contributed by atoms with Crippen LogP contribution in [0.4, 0.5) is 0 Å². The molecule has 0 aliphatic carbocycles. The van der Waals surface area contributed by atoms with Crippen molar-refractivity contribution in [1.82, 2.24) is 10.1 Å². The minimum absolute atomic E-state index is 0.0733. The summed E-state index contributed by atoms with van der Waals surface area (Å²) in [6.45, 7) is 6.28. The van der Waals surface area contributed by atoms with Crippen LogP contribution in [0.5, 0.6) is 0 Å². The van der Waals surface area contributed by atoms with E-state index in [0.717, 1.165) is 12.0 Å². The fraction of sp³-hybridized carbons (Fsp3) is 0.640. The first kappa shape index (κ1) is 24.1. The van der Waals surface area contributed by atoms with E-state index in [1.54, 1.807) is 0 Å². The Morgan fingerprint density at radius 3 is 2.03 bits per heavy atom. The molecule has 1 aromatic heterocycles. The van der Waals surface area contributed by atoms with Gasteiger partial charge in [0.1, 0.15) is 5.84 Å². The van der Waals surface area contributed by atoms with Crippen LogP contribution in [0, 0.1) is 11.3 Å². The molecule has 0 bridgehead atoms. The second kappa shape index (κ2) is 13.2. The number of unbranched alkanes of at least 4 members (excludes halogenated alkanes) is 9. The van der Waals surface area contributed by atoms with Crippen LogP contribution >= 0.6 is 0 Å². The standard InChI is InChI=1S/C25H40N4O/c1-4-5-6-7-8-9-10-11-12-13-14-20-15-17-21(18-16-20)25-28-24(29-30-25)22(19(2)3)23(26)27/h15-19,22H,4-14H2,1-3H3,(H3,26,27). The van der Waals surface area contributed by atoms with E-state index < -0.39 is 0 Å². The van der Waals surface area contributed by atoms with Crippen molar-refractivity contribution < 1.29 is 4.52 Å². The largest absolute Gasteiger partial charge is 0.387 e. The Bertz CT molecular complexity index is 736. The van der Waals surface area contributed by atoms with Gasteiger partial charge in [-0.05, 0) is 36.5 Å². The van der Waals surface area contributed by atoms with Gasteiger partial charge in [0.2, 0.25) is 0 Å². The van der Waals surface area contributed by atoms with Gasteiger partial charge in [-0.15, -0.1) is 0 Å². The number of benzene rings is 1. The van der Waals surface area contributed by atoms with Crippen LogP contribution in [0.3, 0.4) is 0 Å². The maximum absolute atomic E-state index is 7.77. The monoisotopic (exact) mass is 412 g/mol. The highest BCUT2D eigenvalue weighted by atomic mass is 16.5. The number of amidine groups is 1. The van der Waals surface area contributed by atoms with Crippen molar-refractivity contribution in [2.24, 2.45) is 11.7 Å². The van der Waals surface area contributed by atoms with Crippen LogP contribution in [0.15, 0.2) is 28.8 Å². The smallest absolute Gasteiger partial charge is 0.257 e. The molecule has 0 aliphatic heterocycles. The summed E-state index contributed by atoms with van der Waals surface area (Å²) in [6, 6.07) is 8.39. The molecule has 2 rings (SSSR count). The van der Waals surface area contributed by atoms with Gasteiger partial charge in [0.15, 0.2) is 5.82 Å². The Labute approximate surface area is 182 Å². The van der Waals surface area contributed by atoms with E-state index in [1.807, 2.05) is 26.0 Å². The van der Waals surface area contributed by atoms with Crippen LogP contribution in [0.1, 0.15) is 102 Å². The van der Waals surface area contributed by atoms with E-state index in [2.05, 4.69) is 29.2 Å². The Kier molecular flexibility index (Phi) is 10.6. The van der Waals surface area contributed by atoms with E-state index in [1.165, 1.54) is 69.8 Å². The molecule has 166 valence electrons. The highest BCUT2D eigenvalue weighted by molar-refractivity contribution is 5.84. The van der Waals surface area contributed by atoms with Gasteiger partial charge in [0.05, 0.1) is 5.92 Å². The van der Waals surface area contributed by atoms with Crippen molar-refractivity contribution in [1.29, 1.82) is 5.41 Å². The number of nitrogens with zero attached hydrogens (tertiary/aromatic N) is 2. The predicted molar refractivity (Wildman–Crippen MR) is 125 cm³/mol. The molecule has 30 heavy (non-hydrogen) atoms. The summed E-state index contributed by atoms with van der Waals surface area (Å²) >= 11 is 0. The van der Waals surface area contributed by atoms with Gasteiger partial charge in [-0.1, -0.05) is 95.8 Å². The highest BCUT2D eigenvalue weighted by Crippen LogP contribution is 2.25. The first-order chi connectivity index (χ1) is 14.5. The molecular formula is C25H40N4O. The second-order valence-electron chi connectivity index (χ2n) is 8.76. The van der Waals surface area contributed by atoms with Gasteiger partial charge in [-0.3, -0.25) is 5.41 Å². The summed E-state index contributed by atoms with van der Waals surface area (Å²) in [5.41, 5.74) is 7.97. The van der Waals surface area contributed by atoms with Crippen molar-refractivity contribution in [2.75, 3.05) is 0 Å². The molecular weight excluding hydrogens is 372 g/mol. The second-order valence-corrected chi connectivity index (χ2v) is 8.76. The minimum Gasteiger partial charge on any atom is -0.387 e. The zero-order chi connectivity index (χ0) is 21.8. The van der Waals surface area contributed by atoms with E-state index in [0.29, 0.717) is 11.7 Å². The zero-order valence-electron chi connectivity index (χ0n) is 19.1. The maximum Gasteiger partial charge on any atom is 0.257 e. The average Bonchev–Trinajstić information content (AvgIpc) is 3.18. The summed E-state index contributed by atoms with van der Waals surface area (Å²) < 4.78 is 5.43. The molecule has 5 nitrogen and oxygen atoms in total. The molecule has 5 heteroatoms. The van der Waals surface area contributed by atoms with E-state index >= 15 is 0 Å². The Balaban J connectivity index is 1.72. The summed E-state index contributed by atoms with van der Waals surface area (Å²) in [4.78, 5) is 4.48. The predicted octanol–water partition coefficient (Wildman–Crippen LogP) is 6.88. The summed E-state index contributed by atoms with van der Waals surface area (Å²) in [5, 5.41) is 11.8. The normalized spacial score (nSPS) is 12.4. The topological polar surface area (TPSA) is 88.8 Å². The van der Waals surface area contributed by atoms with Crippen molar-refractivity contribution in [3.63, 3.8) is 0 Å². The van der Waals surface area contributed by atoms with E-state index in [-0.39, 0.29) is 17.7 Å². The third-order valence-corrected chi connectivity index (χ3v) is 5.74. The zero-order valence-corrected chi connectivity index (χ0v) is 19.1. The molecule has 0 fully saturated rings. The van der Waals surface area contributed by atoms with Gasteiger partial charge < -0.3 is 10.3 Å². The van der Waals surface area contributed by atoms with E-state index in [4.69, 9.17) is 15.7 Å². The molecule has 2 aromatic rings. The number of nitrogens with one attached hydrogen (secondary N) is 1. The summed E-state index contributed by atoms with van der Waals surface area (Å²) in [5.74, 6) is 0.892. The van der Waals surface area contributed by atoms with Gasteiger partial charge in [-0.2, -0.15) is 4.98 Å². The van der Waals surface area contributed by atoms with E-state index in [9.17, 15) is 0 Å². The number of hydrogen-bond donors (Lipinski definition) is 2. The first-order valence-electron chi connectivity index (χ1n) is 11.8. The van der Waals surface area contributed by atoms with Crippen LogP contribution in [0.2, 0.25) is 0 Å². The Morgan fingerprint density at radius 2 is 1.50 bits per heavy atom. The molecule has 1 aromatic carbocycles.